The Morgan fingerprint density at radius 3 is 1.98 bits per heavy atom. The molecule has 226 valence electrons. The summed E-state index contributed by atoms with van der Waals surface area (Å²) in [6.07, 6.45) is -1.69. The Balaban J connectivity index is 2.95. The van der Waals surface area contributed by atoms with Crippen molar-refractivity contribution >= 4 is 39.8 Å². The highest BCUT2D eigenvalue weighted by Crippen LogP contribution is 2.21. The number of benzene rings is 1. The monoisotopic (exact) mass is 587 g/mol. The minimum atomic E-state index is -4.02. The number of esters is 1. The van der Waals surface area contributed by atoms with Crippen molar-refractivity contribution in [2.45, 2.75) is 90.7 Å². The zero-order valence-electron chi connectivity index (χ0n) is 23.9. The van der Waals surface area contributed by atoms with Gasteiger partial charge in [-0.1, -0.05) is 25.5 Å². The van der Waals surface area contributed by atoms with E-state index in [1.807, 2.05) is 0 Å². The molecule has 2 unspecified atom stereocenters. The third-order valence-electron chi connectivity index (χ3n) is 4.83. The molecule has 1 rings (SSSR count). The van der Waals surface area contributed by atoms with Crippen molar-refractivity contribution in [3.05, 3.63) is 29.8 Å². The Morgan fingerprint density at radius 1 is 0.950 bits per heavy atom. The number of amides is 3. The van der Waals surface area contributed by atoms with Gasteiger partial charge in [-0.05, 0) is 65.7 Å². The molecule has 0 aromatic heterocycles. The van der Waals surface area contributed by atoms with Gasteiger partial charge >= 0.3 is 12.1 Å². The van der Waals surface area contributed by atoms with Crippen molar-refractivity contribution in [3.63, 3.8) is 0 Å². The van der Waals surface area contributed by atoms with E-state index in [2.05, 4.69) is 20.7 Å². The van der Waals surface area contributed by atoms with Crippen LogP contribution in [0.4, 0.5) is 10.5 Å². The van der Waals surface area contributed by atoms with Crippen LogP contribution in [0.5, 0.6) is 0 Å². The number of nitrogens with one attached hydrogen (secondary N) is 4. The van der Waals surface area contributed by atoms with E-state index >= 15 is 0 Å². The number of ether oxygens (including phenoxy) is 2. The second-order valence-corrected chi connectivity index (χ2v) is 12.3. The minimum absolute atomic E-state index is 0.128. The van der Waals surface area contributed by atoms with E-state index in [4.69, 9.17) is 14.6 Å². The normalized spacial score (nSPS) is 14.2. The summed E-state index contributed by atoms with van der Waals surface area (Å²) in [5.41, 5.74) is -1.28. The van der Waals surface area contributed by atoms with Crippen LogP contribution < -0.4 is 25.8 Å². The van der Waals surface area contributed by atoms with Gasteiger partial charge in [-0.15, -0.1) is 0 Å². The SMILES string of the molecule is CCCC(NC(=O)OC(C)(C)C)C(O)C(=O)NCC(=O)N[C@H](C(=O)OC(C)(C)C)c1ccc(NS(N)(=O)=O)cc1. The minimum Gasteiger partial charge on any atom is -0.458 e. The largest absolute Gasteiger partial charge is 0.458 e. The van der Waals surface area contributed by atoms with Gasteiger partial charge in [0.25, 0.3) is 16.1 Å². The van der Waals surface area contributed by atoms with E-state index in [9.17, 15) is 32.7 Å². The van der Waals surface area contributed by atoms with Crippen LogP contribution in [0.3, 0.4) is 0 Å². The highest BCUT2D eigenvalue weighted by Gasteiger charge is 2.31. The average molecular weight is 588 g/mol. The number of carbonyl (C=O) groups is 4. The number of hydrogen-bond donors (Lipinski definition) is 6. The third-order valence-corrected chi connectivity index (χ3v) is 5.35. The lowest BCUT2D eigenvalue weighted by atomic mass is 10.0. The van der Waals surface area contributed by atoms with Crippen molar-refractivity contribution in [2.24, 2.45) is 5.14 Å². The Morgan fingerprint density at radius 2 is 1.50 bits per heavy atom. The van der Waals surface area contributed by atoms with Crippen molar-refractivity contribution < 1.29 is 42.2 Å². The summed E-state index contributed by atoms with van der Waals surface area (Å²) in [7, 11) is -4.02. The Hall–Kier alpha value is -3.43. The van der Waals surface area contributed by atoms with E-state index in [0.717, 1.165) is 0 Å². The van der Waals surface area contributed by atoms with Crippen LogP contribution in [-0.4, -0.2) is 67.3 Å². The molecule has 0 bridgehead atoms. The van der Waals surface area contributed by atoms with Gasteiger partial charge in [0.05, 0.1) is 12.6 Å². The third kappa shape index (κ3) is 13.6. The summed E-state index contributed by atoms with van der Waals surface area (Å²) in [6.45, 7) is 11.1. The lowest BCUT2D eigenvalue weighted by molar-refractivity contribution is -0.158. The van der Waals surface area contributed by atoms with Crippen LogP contribution in [0.25, 0.3) is 0 Å². The highest BCUT2D eigenvalue weighted by atomic mass is 32.2. The number of nitrogens with two attached hydrogens (primary N) is 1. The van der Waals surface area contributed by atoms with Crippen molar-refractivity contribution in [1.82, 2.24) is 16.0 Å². The van der Waals surface area contributed by atoms with Gasteiger partial charge in [-0.3, -0.25) is 14.3 Å². The first-order chi connectivity index (χ1) is 18.2. The van der Waals surface area contributed by atoms with Gasteiger partial charge in [0.1, 0.15) is 11.2 Å². The van der Waals surface area contributed by atoms with Crippen LogP contribution >= 0.6 is 0 Å². The quantitative estimate of drug-likeness (QED) is 0.192. The summed E-state index contributed by atoms with van der Waals surface area (Å²) in [6, 6.07) is 3.19. The first-order valence-electron chi connectivity index (χ1n) is 12.6. The number of hydrogen-bond acceptors (Lipinski definition) is 9. The molecule has 0 aliphatic rings. The second kappa shape index (κ2) is 14.3. The molecule has 0 saturated heterocycles. The van der Waals surface area contributed by atoms with Crippen LogP contribution in [0, 0.1) is 0 Å². The predicted octanol–water partition coefficient (Wildman–Crippen LogP) is 0.972. The maximum atomic E-state index is 12.9. The Kier molecular flexibility index (Phi) is 12.3. The highest BCUT2D eigenvalue weighted by molar-refractivity contribution is 7.90. The van der Waals surface area contributed by atoms with E-state index in [0.29, 0.717) is 6.42 Å². The summed E-state index contributed by atoms with van der Waals surface area (Å²) >= 11 is 0. The molecule has 3 atom stereocenters. The fourth-order valence-corrected chi connectivity index (χ4v) is 3.76. The number of rotatable bonds is 12. The standard InChI is InChI=1S/C25H41N5O9S/c1-8-9-17(28-23(35)39-25(5,6)7)20(32)21(33)27-14-18(31)29-19(22(34)38-24(2,3)4)15-10-12-16(13-11-15)30-40(26,36)37/h10-13,17,19-20,30,32H,8-9,14H2,1-7H3,(H,27,33)(H,28,35)(H,29,31)(H2,26,36,37)/t17?,19-,20?/m0/s1. The molecule has 7 N–H and O–H groups in total. The number of carbonyl (C=O) groups excluding carboxylic acids is 4. The zero-order valence-corrected chi connectivity index (χ0v) is 24.7. The molecule has 3 amide bonds. The molecule has 0 heterocycles. The molecule has 0 spiro atoms. The van der Waals surface area contributed by atoms with Gasteiger partial charge in [0.15, 0.2) is 12.1 Å². The molecule has 1 aromatic rings. The maximum absolute atomic E-state index is 12.9. The Bertz CT molecular complexity index is 1140. The molecule has 0 fully saturated rings. The summed E-state index contributed by atoms with van der Waals surface area (Å²) in [5.74, 6) is -2.50. The summed E-state index contributed by atoms with van der Waals surface area (Å²) in [5, 5.41) is 22.7. The lowest BCUT2D eigenvalue weighted by Gasteiger charge is -2.26. The van der Waals surface area contributed by atoms with Gasteiger partial charge in [0, 0.05) is 5.69 Å². The molecule has 0 radical (unpaired) electrons. The number of alkyl carbamates (subject to hydrolysis) is 1. The van der Waals surface area contributed by atoms with Crippen LogP contribution in [0.1, 0.15) is 72.9 Å². The molecule has 15 heteroatoms. The molecule has 14 nitrogen and oxygen atoms in total. The second-order valence-electron chi connectivity index (χ2n) is 11.0. The van der Waals surface area contributed by atoms with E-state index in [1.165, 1.54) is 24.3 Å². The summed E-state index contributed by atoms with van der Waals surface area (Å²) in [4.78, 5) is 50.3. The number of aliphatic hydroxyl groups excluding tert-OH is 1. The van der Waals surface area contributed by atoms with Gasteiger partial charge in [0.2, 0.25) is 5.91 Å². The average Bonchev–Trinajstić information content (AvgIpc) is 2.77. The van der Waals surface area contributed by atoms with Gasteiger partial charge in [-0.2, -0.15) is 8.42 Å². The van der Waals surface area contributed by atoms with E-state index < -0.39 is 70.0 Å². The maximum Gasteiger partial charge on any atom is 0.407 e. The van der Waals surface area contributed by atoms with Gasteiger partial charge < -0.3 is 30.5 Å². The van der Waals surface area contributed by atoms with Crippen molar-refractivity contribution in [3.8, 4) is 0 Å². The van der Waals surface area contributed by atoms with Crippen LogP contribution in [-0.2, 0) is 34.1 Å². The number of anilines is 1. The molecular formula is C25H41N5O9S. The first kappa shape index (κ1) is 34.6. The lowest BCUT2D eigenvalue weighted by Crippen LogP contribution is -2.53. The fraction of sp³-hybridized carbons (Fsp3) is 0.600. The number of aliphatic hydroxyl groups is 1. The molecule has 0 aliphatic heterocycles. The first-order valence-corrected chi connectivity index (χ1v) is 14.1. The van der Waals surface area contributed by atoms with Crippen molar-refractivity contribution in [2.75, 3.05) is 11.3 Å². The smallest absolute Gasteiger partial charge is 0.407 e. The fourth-order valence-electron chi connectivity index (χ4n) is 3.29. The molecule has 0 saturated carbocycles. The van der Waals surface area contributed by atoms with Crippen LogP contribution in [0.2, 0.25) is 0 Å². The Labute approximate surface area is 234 Å². The van der Waals surface area contributed by atoms with Crippen LogP contribution in [0.15, 0.2) is 24.3 Å². The van der Waals surface area contributed by atoms with E-state index in [-0.39, 0.29) is 17.7 Å². The van der Waals surface area contributed by atoms with Crippen molar-refractivity contribution in [1.29, 1.82) is 0 Å². The predicted molar refractivity (Wildman–Crippen MR) is 147 cm³/mol. The molecule has 1 aromatic carbocycles. The molecule has 0 aliphatic carbocycles. The topological polar surface area (TPSA) is 215 Å². The van der Waals surface area contributed by atoms with E-state index in [1.54, 1.807) is 48.5 Å². The molecule has 40 heavy (non-hydrogen) atoms. The zero-order chi connectivity index (χ0) is 30.9. The van der Waals surface area contributed by atoms with Gasteiger partial charge in [-0.25, -0.2) is 14.7 Å². The molecular weight excluding hydrogens is 546 g/mol. The summed E-state index contributed by atoms with van der Waals surface area (Å²) < 4.78 is 35.1.